The molecule has 3 nitrogen and oxygen atoms in total. The van der Waals surface area contributed by atoms with Gasteiger partial charge in [-0.1, -0.05) is 66.7 Å². The summed E-state index contributed by atoms with van der Waals surface area (Å²) in [6, 6.07) is 28.4. The third kappa shape index (κ3) is 3.84. The number of anilines is 2. The minimum Gasteiger partial charge on any atom is -0.382 e. The molecule has 0 aliphatic carbocycles. The first-order valence-electron chi connectivity index (χ1n) is 9.69. The Morgan fingerprint density at radius 3 is 2.32 bits per heavy atom. The van der Waals surface area contributed by atoms with Crippen molar-refractivity contribution in [3.63, 3.8) is 0 Å². The molecule has 0 aromatic heterocycles. The van der Waals surface area contributed by atoms with Crippen molar-refractivity contribution in [2.45, 2.75) is 25.4 Å². The van der Waals surface area contributed by atoms with Crippen molar-refractivity contribution in [1.82, 2.24) is 0 Å². The monoisotopic (exact) mass is 368 g/mol. The molecule has 140 valence electrons. The summed E-state index contributed by atoms with van der Waals surface area (Å²) >= 11 is 0. The summed E-state index contributed by atoms with van der Waals surface area (Å²) in [5.74, 6) is -0.0102. The third-order valence-corrected chi connectivity index (χ3v) is 5.10. The maximum atomic E-state index is 13.4. The summed E-state index contributed by atoms with van der Waals surface area (Å²) in [6.45, 7) is 2.16. The average Bonchev–Trinajstić information content (AvgIpc) is 2.74. The van der Waals surface area contributed by atoms with Crippen LogP contribution in [0.4, 0.5) is 11.4 Å². The van der Waals surface area contributed by atoms with Crippen LogP contribution in [0.15, 0.2) is 91.0 Å². The topological polar surface area (TPSA) is 32.3 Å². The molecule has 28 heavy (non-hydrogen) atoms. The molecule has 0 saturated carbocycles. The van der Waals surface area contributed by atoms with Crippen LogP contribution in [0.25, 0.3) is 6.08 Å². The Morgan fingerprint density at radius 2 is 1.57 bits per heavy atom. The molecule has 0 saturated heterocycles. The SMILES string of the molecule is CC1CC(N(C(=O)C=Cc2ccccc2)c2ccccc2)c2ccccc2N1. The number of hydrogen-bond donors (Lipinski definition) is 1. The van der Waals surface area contributed by atoms with Crippen LogP contribution in [0, 0.1) is 0 Å². The standard InChI is InChI=1S/C25H24N2O/c1-19-18-24(22-14-8-9-15-23(22)26-19)27(21-12-6-3-7-13-21)25(28)17-16-20-10-4-2-5-11-20/h2-17,19,24,26H,18H2,1H3. The highest BCUT2D eigenvalue weighted by Gasteiger charge is 2.31. The van der Waals surface area contributed by atoms with Crippen molar-refractivity contribution in [1.29, 1.82) is 0 Å². The fourth-order valence-electron chi connectivity index (χ4n) is 3.81. The minimum atomic E-state index is -0.0113. The number of fused-ring (bicyclic) bond motifs is 1. The van der Waals surface area contributed by atoms with E-state index in [1.54, 1.807) is 6.08 Å². The number of nitrogens with zero attached hydrogens (tertiary/aromatic N) is 1. The van der Waals surface area contributed by atoms with Gasteiger partial charge in [0.15, 0.2) is 0 Å². The van der Waals surface area contributed by atoms with E-state index in [4.69, 9.17) is 0 Å². The normalized spacial score (nSPS) is 18.3. The molecule has 0 bridgehead atoms. The Bertz CT molecular complexity index is 966. The number of carbonyl (C=O) groups is 1. The lowest BCUT2D eigenvalue weighted by molar-refractivity contribution is -0.114. The van der Waals surface area contributed by atoms with Gasteiger partial charge in [-0.3, -0.25) is 4.79 Å². The molecule has 1 aliphatic rings. The fraction of sp³-hybridized carbons (Fsp3) is 0.160. The zero-order valence-electron chi connectivity index (χ0n) is 16.0. The second kappa shape index (κ2) is 8.13. The molecule has 1 N–H and O–H groups in total. The van der Waals surface area contributed by atoms with Crippen LogP contribution in [-0.2, 0) is 4.79 Å². The number of rotatable bonds is 4. The van der Waals surface area contributed by atoms with Gasteiger partial charge in [0.1, 0.15) is 0 Å². The summed E-state index contributed by atoms with van der Waals surface area (Å²) in [7, 11) is 0. The molecule has 0 spiro atoms. The van der Waals surface area contributed by atoms with E-state index in [1.807, 2.05) is 83.8 Å². The smallest absolute Gasteiger partial charge is 0.251 e. The highest BCUT2D eigenvalue weighted by molar-refractivity contribution is 6.04. The maximum Gasteiger partial charge on any atom is 0.251 e. The van der Waals surface area contributed by atoms with Gasteiger partial charge in [-0.25, -0.2) is 0 Å². The van der Waals surface area contributed by atoms with Gasteiger partial charge in [0.2, 0.25) is 0 Å². The van der Waals surface area contributed by atoms with E-state index in [-0.39, 0.29) is 18.0 Å². The van der Waals surface area contributed by atoms with Gasteiger partial charge in [-0.15, -0.1) is 0 Å². The lowest BCUT2D eigenvalue weighted by atomic mass is 9.91. The van der Waals surface area contributed by atoms with E-state index >= 15 is 0 Å². The molecule has 3 aromatic rings. The van der Waals surface area contributed by atoms with Crippen LogP contribution >= 0.6 is 0 Å². The summed E-state index contributed by atoms with van der Waals surface area (Å²) in [5, 5.41) is 3.54. The number of para-hydroxylation sites is 2. The average molecular weight is 368 g/mol. The van der Waals surface area contributed by atoms with Crippen LogP contribution in [0.5, 0.6) is 0 Å². The molecule has 0 radical (unpaired) electrons. The van der Waals surface area contributed by atoms with Gasteiger partial charge in [-0.05, 0) is 48.7 Å². The molecule has 3 heteroatoms. The molecular weight excluding hydrogens is 344 g/mol. The zero-order chi connectivity index (χ0) is 19.3. The fourth-order valence-corrected chi connectivity index (χ4v) is 3.81. The molecule has 2 atom stereocenters. The number of nitrogens with one attached hydrogen (secondary N) is 1. The van der Waals surface area contributed by atoms with Crippen LogP contribution in [-0.4, -0.2) is 11.9 Å². The van der Waals surface area contributed by atoms with Crippen molar-refractivity contribution in [2.24, 2.45) is 0 Å². The number of hydrogen-bond acceptors (Lipinski definition) is 2. The second-order valence-electron chi connectivity index (χ2n) is 7.17. The lowest BCUT2D eigenvalue weighted by Gasteiger charge is -2.38. The first-order chi connectivity index (χ1) is 13.7. The Kier molecular flexibility index (Phi) is 5.24. The summed E-state index contributed by atoms with van der Waals surface area (Å²) in [4.78, 5) is 15.3. The molecule has 4 rings (SSSR count). The van der Waals surface area contributed by atoms with E-state index in [2.05, 4.69) is 24.4 Å². The highest BCUT2D eigenvalue weighted by Crippen LogP contribution is 2.39. The first kappa shape index (κ1) is 18.1. The molecule has 2 unspecified atom stereocenters. The lowest BCUT2D eigenvalue weighted by Crippen LogP contribution is -2.39. The minimum absolute atomic E-state index is 0.0102. The molecule has 0 fully saturated rings. The maximum absolute atomic E-state index is 13.4. The Labute approximate surface area is 166 Å². The summed E-state index contributed by atoms with van der Waals surface area (Å²) in [5.41, 5.74) is 4.19. The second-order valence-corrected chi connectivity index (χ2v) is 7.17. The zero-order valence-corrected chi connectivity index (χ0v) is 16.0. The van der Waals surface area contributed by atoms with Gasteiger partial charge in [-0.2, -0.15) is 0 Å². The van der Waals surface area contributed by atoms with E-state index in [1.165, 1.54) is 0 Å². The molecule has 1 amide bonds. The molecule has 3 aromatic carbocycles. The van der Waals surface area contributed by atoms with Crippen molar-refractivity contribution >= 4 is 23.4 Å². The number of amides is 1. The van der Waals surface area contributed by atoms with Crippen molar-refractivity contribution in [3.05, 3.63) is 102 Å². The summed E-state index contributed by atoms with van der Waals surface area (Å²) in [6.07, 6.45) is 4.42. The Morgan fingerprint density at radius 1 is 0.929 bits per heavy atom. The van der Waals surface area contributed by atoms with E-state index in [9.17, 15) is 4.79 Å². The largest absolute Gasteiger partial charge is 0.382 e. The number of carbonyl (C=O) groups excluding carboxylic acids is 1. The van der Waals surface area contributed by atoms with E-state index in [0.717, 1.165) is 28.9 Å². The first-order valence-corrected chi connectivity index (χ1v) is 9.69. The molecular formula is C25H24N2O. The van der Waals surface area contributed by atoms with Gasteiger partial charge in [0.25, 0.3) is 5.91 Å². The van der Waals surface area contributed by atoms with E-state index < -0.39 is 0 Å². The Balaban J connectivity index is 1.73. The van der Waals surface area contributed by atoms with Crippen molar-refractivity contribution in [3.8, 4) is 0 Å². The van der Waals surface area contributed by atoms with Crippen LogP contribution in [0.1, 0.15) is 30.5 Å². The van der Waals surface area contributed by atoms with Crippen LogP contribution < -0.4 is 10.2 Å². The predicted octanol–water partition coefficient (Wildman–Crippen LogP) is 5.68. The molecule has 1 heterocycles. The predicted molar refractivity (Wildman–Crippen MR) is 116 cm³/mol. The van der Waals surface area contributed by atoms with Crippen LogP contribution in [0.2, 0.25) is 0 Å². The van der Waals surface area contributed by atoms with Gasteiger partial charge >= 0.3 is 0 Å². The van der Waals surface area contributed by atoms with Crippen molar-refractivity contribution in [2.75, 3.05) is 10.2 Å². The molecule has 1 aliphatic heterocycles. The quantitative estimate of drug-likeness (QED) is 0.601. The van der Waals surface area contributed by atoms with Crippen molar-refractivity contribution < 1.29 is 4.79 Å². The van der Waals surface area contributed by atoms with Gasteiger partial charge in [0.05, 0.1) is 6.04 Å². The summed E-state index contributed by atoms with van der Waals surface area (Å²) < 4.78 is 0. The highest BCUT2D eigenvalue weighted by atomic mass is 16.2. The third-order valence-electron chi connectivity index (χ3n) is 5.10. The van der Waals surface area contributed by atoms with Gasteiger partial charge < -0.3 is 10.2 Å². The number of benzene rings is 3. The van der Waals surface area contributed by atoms with E-state index in [0.29, 0.717) is 0 Å². The Hall–Kier alpha value is -3.33. The van der Waals surface area contributed by atoms with Gasteiger partial charge in [0, 0.05) is 23.5 Å². The van der Waals surface area contributed by atoms with Crippen LogP contribution in [0.3, 0.4) is 0 Å².